The van der Waals surface area contributed by atoms with Crippen LogP contribution >= 0.6 is 0 Å². The summed E-state index contributed by atoms with van der Waals surface area (Å²) < 4.78 is 0. The molecule has 1 heterocycles. The molecular formula is C6H5BN2O2. The third-order valence-electron chi connectivity index (χ3n) is 1.12. The number of rotatable bonds is 1. The maximum Gasteiger partial charge on any atom is 0.276 e. The van der Waals surface area contributed by atoms with E-state index in [9.17, 15) is 4.79 Å². The van der Waals surface area contributed by atoms with Gasteiger partial charge in [-0.15, -0.1) is 0 Å². The summed E-state index contributed by atoms with van der Waals surface area (Å²) in [5.41, 5.74) is 2.08. The van der Waals surface area contributed by atoms with E-state index in [-0.39, 0.29) is 5.56 Å². The Morgan fingerprint density at radius 2 is 2.36 bits per heavy atom. The lowest BCUT2D eigenvalue weighted by Gasteiger charge is -1.97. The number of amides is 1. The van der Waals surface area contributed by atoms with Gasteiger partial charge < -0.3 is 0 Å². The molecule has 0 spiro atoms. The van der Waals surface area contributed by atoms with Crippen LogP contribution in [0.1, 0.15) is 10.4 Å². The van der Waals surface area contributed by atoms with Gasteiger partial charge in [-0.1, -0.05) is 11.5 Å². The smallest absolute Gasteiger partial charge is 0.276 e. The van der Waals surface area contributed by atoms with Crippen molar-refractivity contribution in [3.8, 4) is 0 Å². The Hall–Kier alpha value is -1.36. The first-order valence-corrected chi connectivity index (χ1v) is 2.89. The molecular weight excluding hydrogens is 143 g/mol. The van der Waals surface area contributed by atoms with E-state index in [2.05, 4.69) is 4.98 Å². The number of carbonyl (C=O) groups is 1. The quantitative estimate of drug-likeness (QED) is 0.305. The summed E-state index contributed by atoms with van der Waals surface area (Å²) in [6.07, 6.45) is 2.72. The molecule has 54 valence electrons. The Balaban J connectivity index is 2.96. The molecule has 1 aromatic rings. The minimum absolute atomic E-state index is 0.229. The molecule has 2 N–H and O–H groups in total. The van der Waals surface area contributed by atoms with Gasteiger partial charge in [-0.05, 0) is 0 Å². The van der Waals surface area contributed by atoms with Crippen LogP contribution in [0.25, 0.3) is 0 Å². The van der Waals surface area contributed by atoms with Gasteiger partial charge in [-0.25, -0.2) is 5.48 Å². The molecule has 0 aliphatic carbocycles. The van der Waals surface area contributed by atoms with E-state index in [0.29, 0.717) is 5.46 Å². The minimum Gasteiger partial charge on any atom is -0.288 e. The highest BCUT2D eigenvalue weighted by molar-refractivity contribution is 6.32. The molecule has 1 rings (SSSR count). The zero-order chi connectivity index (χ0) is 8.27. The van der Waals surface area contributed by atoms with Gasteiger partial charge in [0.2, 0.25) is 0 Å². The van der Waals surface area contributed by atoms with Crippen molar-refractivity contribution < 1.29 is 10.0 Å². The van der Waals surface area contributed by atoms with Crippen LogP contribution in [0.3, 0.4) is 0 Å². The molecule has 0 atom stereocenters. The van der Waals surface area contributed by atoms with Crippen molar-refractivity contribution >= 4 is 19.2 Å². The van der Waals surface area contributed by atoms with E-state index in [1.807, 2.05) is 0 Å². The van der Waals surface area contributed by atoms with Crippen molar-refractivity contribution in [2.45, 2.75) is 0 Å². The van der Waals surface area contributed by atoms with Gasteiger partial charge >= 0.3 is 0 Å². The largest absolute Gasteiger partial charge is 0.288 e. The monoisotopic (exact) mass is 148 g/mol. The van der Waals surface area contributed by atoms with Crippen LogP contribution in [0, 0.1) is 0 Å². The van der Waals surface area contributed by atoms with Gasteiger partial charge in [0.15, 0.2) is 0 Å². The van der Waals surface area contributed by atoms with Crippen LogP contribution in [0.15, 0.2) is 18.5 Å². The lowest BCUT2D eigenvalue weighted by molar-refractivity contribution is 0.0706. The first-order chi connectivity index (χ1) is 5.24. The summed E-state index contributed by atoms with van der Waals surface area (Å²) >= 11 is 0. The molecule has 0 aliphatic heterocycles. The maximum absolute atomic E-state index is 10.7. The summed E-state index contributed by atoms with van der Waals surface area (Å²) in [7, 11) is 5.33. The molecule has 4 nitrogen and oxygen atoms in total. The average Bonchev–Trinajstić information content (AvgIpc) is 2.03. The third-order valence-corrected chi connectivity index (χ3v) is 1.12. The van der Waals surface area contributed by atoms with Crippen LogP contribution in [-0.4, -0.2) is 23.9 Å². The fourth-order valence-electron chi connectivity index (χ4n) is 0.646. The SMILES string of the molecule is [B]c1cncc(C(=O)NO)c1. The lowest BCUT2D eigenvalue weighted by atomic mass is 9.97. The van der Waals surface area contributed by atoms with Crippen LogP contribution < -0.4 is 10.9 Å². The Morgan fingerprint density at radius 3 is 2.91 bits per heavy atom. The summed E-state index contributed by atoms with van der Waals surface area (Å²) in [4.78, 5) is 14.4. The zero-order valence-electron chi connectivity index (χ0n) is 5.61. The number of nitrogens with one attached hydrogen (secondary N) is 1. The molecule has 0 aromatic carbocycles. The number of nitrogens with zero attached hydrogens (tertiary/aromatic N) is 1. The second-order valence-corrected chi connectivity index (χ2v) is 1.95. The van der Waals surface area contributed by atoms with Crippen LogP contribution in [0.5, 0.6) is 0 Å². The summed E-state index contributed by atoms with van der Waals surface area (Å²) in [6, 6.07) is 1.42. The minimum atomic E-state index is -0.621. The van der Waals surface area contributed by atoms with Gasteiger partial charge in [0.05, 0.1) is 5.56 Å². The Bertz CT molecular complexity index is 277. The Kier molecular flexibility index (Phi) is 2.23. The molecule has 0 aliphatic rings. The average molecular weight is 148 g/mol. The molecule has 2 radical (unpaired) electrons. The topological polar surface area (TPSA) is 62.2 Å². The fraction of sp³-hybridized carbons (Fsp3) is 0. The van der Waals surface area contributed by atoms with E-state index in [1.54, 1.807) is 0 Å². The number of aromatic nitrogens is 1. The molecule has 0 bridgehead atoms. The molecule has 11 heavy (non-hydrogen) atoms. The maximum atomic E-state index is 10.7. The van der Waals surface area contributed by atoms with Crippen molar-refractivity contribution in [2.24, 2.45) is 0 Å². The molecule has 0 unspecified atom stereocenters. The van der Waals surface area contributed by atoms with Crippen molar-refractivity contribution in [1.82, 2.24) is 10.5 Å². The number of hydrogen-bond donors (Lipinski definition) is 2. The predicted octanol–water partition coefficient (Wildman–Crippen LogP) is -1.01. The fourth-order valence-corrected chi connectivity index (χ4v) is 0.646. The second kappa shape index (κ2) is 3.16. The third kappa shape index (κ3) is 1.78. The van der Waals surface area contributed by atoms with E-state index in [4.69, 9.17) is 13.1 Å². The zero-order valence-corrected chi connectivity index (χ0v) is 5.61. The normalized spacial score (nSPS) is 9.18. The summed E-state index contributed by atoms with van der Waals surface area (Å²) in [5, 5.41) is 8.21. The second-order valence-electron chi connectivity index (χ2n) is 1.95. The van der Waals surface area contributed by atoms with Crippen LogP contribution in [-0.2, 0) is 0 Å². The van der Waals surface area contributed by atoms with Crippen LogP contribution in [0.4, 0.5) is 0 Å². The summed E-state index contributed by atoms with van der Waals surface area (Å²) in [6.45, 7) is 0. The predicted molar refractivity (Wildman–Crippen MR) is 38.9 cm³/mol. The van der Waals surface area contributed by atoms with Crippen LogP contribution in [0.2, 0.25) is 0 Å². The Labute approximate surface area is 64.6 Å². The highest BCUT2D eigenvalue weighted by atomic mass is 16.5. The number of carbonyl (C=O) groups excluding carboxylic acids is 1. The van der Waals surface area contributed by atoms with E-state index < -0.39 is 5.91 Å². The van der Waals surface area contributed by atoms with Gasteiger partial charge in [0.25, 0.3) is 5.91 Å². The Morgan fingerprint density at radius 1 is 1.64 bits per heavy atom. The van der Waals surface area contributed by atoms with Gasteiger partial charge in [-0.2, -0.15) is 0 Å². The molecule has 1 aromatic heterocycles. The molecule has 0 saturated heterocycles. The van der Waals surface area contributed by atoms with Gasteiger partial charge in [0, 0.05) is 12.4 Å². The molecule has 0 saturated carbocycles. The van der Waals surface area contributed by atoms with Gasteiger partial charge in [-0.3, -0.25) is 15.0 Å². The van der Waals surface area contributed by atoms with Crippen molar-refractivity contribution in [2.75, 3.05) is 0 Å². The number of hydrogen-bond acceptors (Lipinski definition) is 3. The highest BCUT2D eigenvalue weighted by Gasteiger charge is 2.02. The van der Waals surface area contributed by atoms with E-state index >= 15 is 0 Å². The van der Waals surface area contributed by atoms with E-state index in [1.165, 1.54) is 23.9 Å². The first-order valence-electron chi connectivity index (χ1n) is 2.89. The van der Waals surface area contributed by atoms with E-state index in [0.717, 1.165) is 0 Å². The molecule has 5 heteroatoms. The van der Waals surface area contributed by atoms with Crippen molar-refractivity contribution in [3.63, 3.8) is 0 Å². The standard InChI is InChI=1S/C6H5BN2O2/c7-5-1-4(2-8-3-5)6(10)9-11/h1-3,11H,(H,9,10). The summed E-state index contributed by atoms with van der Waals surface area (Å²) in [5.74, 6) is -0.621. The molecule has 0 fully saturated rings. The van der Waals surface area contributed by atoms with Crippen molar-refractivity contribution in [3.05, 3.63) is 24.0 Å². The number of hydroxylamine groups is 1. The highest BCUT2D eigenvalue weighted by Crippen LogP contribution is 1.91. The van der Waals surface area contributed by atoms with Gasteiger partial charge in [0.1, 0.15) is 7.85 Å². The number of pyridine rings is 1. The first kappa shape index (κ1) is 7.75. The lowest BCUT2D eigenvalue weighted by Crippen LogP contribution is -2.20. The van der Waals surface area contributed by atoms with Crippen molar-refractivity contribution in [1.29, 1.82) is 0 Å². The molecule has 1 amide bonds.